The molecular weight excluding hydrogens is 320 g/mol. The molecule has 4 heterocycles. The van der Waals surface area contributed by atoms with Crippen molar-refractivity contribution in [2.24, 2.45) is 5.73 Å². The Kier molecular flexibility index (Phi) is 3.88. The number of nitrogens with one attached hydrogen (secondary N) is 1. The molecule has 3 N–H and O–H groups in total. The molecule has 1 aliphatic rings. The predicted molar refractivity (Wildman–Crippen MR) is 90.4 cm³/mol. The number of H-pyrrole nitrogens is 1. The Morgan fingerprint density at radius 1 is 1.36 bits per heavy atom. The fraction of sp³-hybridized carbons (Fsp3) is 0.312. The van der Waals surface area contributed by atoms with Gasteiger partial charge in [0.05, 0.1) is 0 Å². The van der Waals surface area contributed by atoms with Crippen LogP contribution >= 0.6 is 0 Å². The second kappa shape index (κ2) is 6.34. The van der Waals surface area contributed by atoms with Crippen LogP contribution in [0.4, 0.5) is 5.95 Å². The zero-order valence-electron chi connectivity index (χ0n) is 13.5. The van der Waals surface area contributed by atoms with Crippen LogP contribution in [0.1, 0.15) is 34.9 Å². The van der Waals surface area contributed by atoms with Crippen molar-refractivity contribution in [1.82, 2.24) is 29.9 Å². The largest absolute Gasteiger partial charge is 0.364 e. The number of primary amides is 1. The van der Waals surface area contributed by atoms with Crippen molar-refractivity contribution in [1.29, 1.82) is 0 Å². The van der Waals surface area contributed by atoms with Crippen LogP contribution in [0.5, 0.6) is 0 Å². The molecule has 0 spiro atoms. The molecule has 0 radical (unpaired) electrons. The Balaban J connectivity index is 1.55. The lowest BCUT2D eigenvalue weighted by atomic mass is 9.95. The van der Waals surface area contributed by atoms with E-state index in [2.05, 4.69) is 30.2 Å². The summed E-state index contributed by atoms with van der Waals surface area (Å²) in [5, 5.41) is 11.1. The van der Waals surface area contributed by atoms with E-state index in [-0.39, 0.29) is 11.6 Å². The fourth-order valence-electron chi connectivity index (χ4n) is 3.11. The molecule has 3 aromatic heterocycles. The number of anilines is 1. The quantitative estimate of drug-likeness (QED) is 0.728. The Hall–Kier alpha value is -3.23. The maximum atomic E-state index is 11.2. The third-order valence-corrected chi connectivity index (χ3v) is 4.36. The topological polar surface area (TPSA) is 119 Å². The van der Waals surface area contributed by atoms with Crippen molar-refractivity contribution < 1.29 is 4.79 Å². The lowest BCUT2D eigenvalue weighted by Crippen LogP contribution is -2.35. The Morgan fingerprint density at radius 2 is 2.28 bits per heavy atom. The highest BCUT2D eigenvalue weighted by molar-refractivity contribution is 5.90. The van der Waals surface area contributed by atoms with Crippen LogP contribution in [0.3, 0.4) is 0 Å². The number of rotatable bonds is 4. The van der Waals surface area contributed by atoms with E-state index < -0.39 is 5.91 Å². The molecule has 1 amide bonds. The number of hydrogen-bond acceptors (Lipinski definition) is 6. The maximum Gasteiger partial charge on any atom is 0.269 e. The number of hydrogen-bond donors (Lipinski definition) is 2. The number of nitrogens with zero attached hydrogens (tertiary/aromatic N) is 6. The highest BCUT2D eigenvalue weighted by atomic mass is 16.1. The Morgan fingerprint density at radius 3 is 3.04 bits per heavy atom. The van der Waals surface area contributed by atoms with Crippen molar-refractivity contribution in [3.63, 3.8) is 0 Å². The van der Waals surface area contributed by atoms with Gasteiger partial charge in [0.25, 0.3) is 5.91 Å². The summed E-state index contributed by atoms with van der Waals surface area (Å²) >= 11 is 0. The number of nitrogens with two attached hydrogens (primary N) is 1. The lowest BCUT2D eigenvalue weighted by molar-refractivity contribution is 0.0995. The SMILES string of the molecule is NC(=O)c1cc(C2CCCN(c3nccc(-n4cccn4)n3)C2)[nH]n1. The zero-order chi connectivity index (χ0) is 17.2. The molecule has 3 aromatic rings. The first-order valence-corrected chi connectivity index (χ1v) is 8.14. The number of piperidine rings is 1. The maximum absolute atomic E-state index is 11.2. The summed E-state index contributed by atoms with van der Waals surface area (Å²) in [6, 6.07) is 5.41. The van der Waals surface area contributed by atoms with Gasteiger partial charge in [0.15, 0.2) is 5.82 Å². The summed E-state index contributed by atoms with van der Waals surface area (Å²) in [7, 11) is 0. The van der Waals surface area contributed by atoms with E-state index in [4.69, 9.17) is 5.73 Å². The van der Waals surface area contributed by atoms with Crippen molar-refractivity contribution in [2.75, 3.05) is 18.0 Å². The second-order valence-electron chi connectivity index (χ2n) is 6.02. The molecule has 9 nitrogen and oxygen atoms in total. The minimum Gasteiger partial charge on any atom is -0.364 e. The molecule has 1 unspecified atom stereocenters. The molecule has 4 rings (SSSR count). The van der Waals surface area contributed by atoms with Gasteiger partial charge in [0.2, 0.25) is 5.95 Å². The van der Waals surface area contributed by atoms with E-state index in [9.17, 15) is 4.79 Å². The van der Waals surface area contributed by atoms with Crippen LogP contribution in [0.15, 0.2) is 36.8 Å². The van der Waals surface area contributed by atoms with E-state index in [1.54, 1.807) is 23.1 Å². The number of aromatic nitrogens is 6. The van der Waals surface area contributed by atoms with Crippen molar-refractivity contribution in [3.05, 3.63) is 48.2 Å². The first-order valence-electron chi connectivity index (χ1n) is 8.14. The molecule has 9 heteroatoms. The van der Waals surface area contributed by atoms with E-state index in [0.29, 0.717) is 5.95 Å². The second-order valence-corrected chi connectivity index (χ2v) is 6.02. The van der Waals surface area contributed by atoms with Gasteiger partial charge in [0.1, 0.15) is 5.69 Å². The van der Waals surface area contributed by atoms with Crippen molar-refractivity contribution in [2.45, 2.75) is 18.8 Å². The zero-order valence-corrected chi connectivity index (χ0v) is 13.5. The standard InChI is InChI=1S/C16H18N8O/c17-15(25)13-9-12(21-22-13)11-3-1-7-23(10-11)16-18-6-4-14(20-16)24-8-2-5-19-24/h2,4-6,8-9,11H,1,3,7,10H2,(H2,17,25)(H,21,22). The summed E-state index contributed by atoms with van der Waals surface area (Å²) in [5.74, 6) is 1.11. The molecule has 1 atom stereocenters. The van der Waals surface area contributed by atoms with Crippen LogP contribution < -0.4 is 10.6 Å². The van der Waals surface area contributed by atoms with Gasteiger partial charge in [-0.05, 0) is 25.0 Å². The molecule has 1 fully saturated rings. The number of carbonyl (C=O) groups is 1. The van der Waals surface area contributed by atoms with Crippen molar-refractivity contribution in [3.8, 4) is 5.82 Å². The van der Waals surface area contributed by atoms with Gasteiger partial charge < -0.3 is 10.6 Å². The van der Waals surface area contributed by atoms with Gasteiger partial charge in [-0.3, -0.25) is 9.89 Å². The first-order chi connectivity index (χ1) is 12.2. The van der Waals surface area contributed by atoms with E-state index in [1.807, 2.05) is 18.3 Å². The van der Waals surface area contributed by atoms with Crippen LogP contribution in [0.25, 0.3) is 5.82 Å². The summed E-state index contributed by atoms with van der Waals surface area (Å²) in [5.41, 5.74) is 6.46. The lowest BCUT2D eigenvalue weighted by Gasteiger charge is -2.32. The van der Waals surface area contributed by atoms with Crippen LogP contribution in [0, 0.1) is 0 Å². The molecule has 0 saturated carbocycles. The highest BCUT2D eigenvalue weighted by Gasteiger charge is 2.25. The average molecular weight is 338 g/mol. The summed E-state index contributed by atoms with van der Waals surface area (Å²) in [6.45, 7) is 1.64. The fourth-order valence-corrected chi connectivity index (χ4v) is 3.11. The van der Waals surface area contributed by atoms with Gasteiger partial charge in [0, 0.05) is 49.4 Å². The summed E-state index contributed by atoms with van der Waals surface area (Å²) in [4.78, 5) is 22.4. The van der Waals surface area contributed by atoms with E-state index >= 15 is 0 Å². The summed E-state index contributed by atoms with van der Waals surface area (Å²) < 4.78 is 1.71. The number of amides is 1. The first kappa shape index (κ1) is 15.3. The molecule has 0 bridgehead atoms. The minimum absolute atomic E-state index is 0.228. The van der Waals surface area contributed by atoms with Gasteiger partial charge in [-0.15, -0.1) is 0 Å². The van der Waals surface area contributed by atoms with Gasteiger partial charge in [-0.2, -0.15) is 15.2 Å². The minimum atomic E-state index is -0.523. The third-order valence-electron chi connectivity index (χ3n) is 4.36. The van der Waals surface area contributed by atoms with E-state index in [0.717, 1.165) is 37.4 Å². The molecule has 1 saturated heterocycles. The monoisotopic (exact) mass is 338 g/mol. The Labute approximate surface area is 143 Å². The number of carbonyl (C=O) groups excluding carboxylic acids is 1. The van der Waals surface area contributed by atoms with E-state index in [1.165, 1.54) is 0 Å². The molecule has 25 heavy (non-hydrogen) atoms. The average Bonchev–Trinajstić information content (AvgIpc) is 3.34. The van der Waals surface area contributed by atoms with Crippen LogP contribution in [-0.4, -0.2) is 48.9 Å². The molecule has 128 valence electrons. The van der Waals surface area contributed by atoms with Crippen LogP contribution in [-0.2, 0) is 0 Å². The smallest absolute Gasteiger partial charge is 0.269 e. The molecular formula is C16H18N8O. The highest BCUT2D eigenvalue weighted by Crippen LogP contribution is 2.28. The van der Waals surface area contributed by atoms with Gasteiger partial charge >= 0.3 is 0 Å². The Bertz CT molecular complexity index is 872. The molecule has 0 aliphatic carbocycles. The molecule has 1 aliphatic heterocycles. The summed E-state index contributed by atoms with van der Waals surface area (Å²) in [6.07, 6.45) is 7.32. The van der Waals surface area contributed by atoms with Gasteiger partial charge in [-0.25, -0.2) is 9.67 Å². The third kappa shape index (κ3) is 3.08. The predicted octanol–water partition coefficient (Wildman–Crippen LogP) is 0.868. The molecule has 0 aromatic carbocycles. The normalized spacial score (nSPS) is 17.6. The van der Waals surface area contributed by atoms with Gasteiger partial charge in [-0.1, -0.05) is 0 Å². The van der Waals surface area contributed by atoms with Crippen molar-refractivity contribution >= 4 is 11.9 Å². The van der Waals surface area contributed by atoms with Crippen LogP contribution in [0.2, 0.25) is 0 Å². The number of aromatic amines is 1.